The van der Waals surface area contributed by atoms with Gasteiger partial charge in [-0.2, -0.15) is 0 Å². The number of rotatable bonds is 33. The number of hydrogen-bond donors (Lipinski definition) is 0. The summed E-state index contributed by atoms with van der Waals surface area (Å²) in [4.78, 5) is 41.8. The Kier molecular flexibility index (Phi) is 34.3. The molecule has 0 bridgehead atoms. The van der Waals surface area contributed by atoms with E-state index in [1.165, 1.54) is 37.4 Å². The van der Waals surface area contributed by atoms with Gasteiger partial charge in [0.2, 0.25) is 0 Å². The maximum absolute atomic E-state index is 13.0. The Morgan fingerprint density at radius 1 is 0.612 bits per heavy atom. The molecule has 0 radical (unpaired) electrons. The Bertz CT molecular complexity index is 871. The van der Waals surface area contributed by atoms with E-state index in [9.17, 15) is 14.4 Å². The second kappa shape index (κ2) is 35.8. The minimum absolute atomic E-state index is 0.0222. The van der Waals surface area contributed by atoms with Gasteiger partial charge >= 0.3 is 11.9 Å². The van der Waals surface area contributed by atoms with Gasteiger partial charge in [-0.3, -0.25) is 14.4 Å². The van der Waals surface area contributed by atoms with E-state index in [4.69, 9.17) is 9.47 Å². The zero-order chi connectivity index (χ0) is 36.2. The van der Waals surface area contributed by atoms with Crippen LogP contribution in [0.4, 0.5) is 4.79 Å². The minimum Gasteiger partial charge on any atom is -0.462 e. The number of nitrogens with zero attached hydrogens (tertiary/aromatic N) is 2. The molecule has 1 amide bonds. The molecule has 0 rings (SSSR count). The Hall–Kier alpha value is -2.06. The van der Waals surface area contributed by atoms with Gasteiger partial charge in [0.25, 0.3) is 5.24 Å². The van der Waals surface area contributed by atoms with Gasteiger partial charge in [0.1, 0.15) is 12.7 Å². The molecule has 49 heavy (non-hydrogen) atoms. The quantitative estimate of drug-likeness (QED) is 0.0382. The predicted molar refractivity (Wildman–Crippen MR) is 210 cm³/mol. The van der Waals surface area contributed by atoms with Crippen molar-refractivity contribution in [3.8, 4) is 0 Å². The van der Waals surface area contributed by atoms with Crippen molar-refractivity contribution in [2.24, 2.45) is 0 Å². The van der Waals surface area contributed by atoms with Gasteiger partial charge in [-0.15, -0.1) is 0 Å². The van der Waals surface area contributed by atoms with Crippen LogP contribution in [0.2, 0.25) is 0 Å². The largest absolute Gasteiger partial charge is 0.462 e. The van der Waals surface area contributed by atoms with Crippen LogP contribution in [0.5, 0.6) is 0 Å². The van der Waals surface area contributed by atoms with Crippen LogP contribution in [0.25, 0.3) is 0 Å². The predicted octanol–water partition coefficient (Wildman–Crippen LogP) is 11.1. The molecule has 0 spiro atoms. The fraction of sp³-hybridized carbons (Fsp3) is 0.780. The van der Waals surface area contributed by atoms with Gasteiger partial charge in [0, 0.05) is 38.2 Å². The number of hydrogen-bond acceptors (Lipinski definition) is 7. The number of carbonyl (C=O) groups excluding carboxylic acids is 3. The monoisotopic (exact) mass is 707 g/mol. The molecule has 0 aliphatic carbocycles. The van der Waals surface area contributed by atoms with Gasteiger partial charge in [-0.1, -0.05) is 114 Å². The lowest BCUT2D eigenvalue weighted by molar-refractivity contribution is -0.149. The number of amides is 1. The molecule has 7 nitrogen and oxygen atoms in total. The summed E-state index contributed by atoms with van der Waals surface area (Å²) in [6, 6.07) is 0. The van der Waals surface area contributed by atoms with Crippen molar-refractivity contribution < 1.29 is 23.9 Å². The van der Waals surface area contributed by atoms with Gasteiger partial charge in [-0.05, 0) is 91.1 Å². The third-order valence-corrected chi connectivity index (χ3v) is 9.18. The molecular weight excluding hydrogens is 633 g/mol. The normalized spacial score (nSPS) is 11.9. The van der Waals surface area contributed by atoms with E-state index < -0.39 is 0 Å². The summed E-state index contributed by atoms with van der Waals surface area (Å²) in [6.07, 6.45) is 32.8. The van der Waals surface area contributed by atoms with Crippen molar-refractivity contribution in [3.63, 3.8) is 0 Å². The number of esters is 2. The summed E-state index contributed by atoms with van der Waals surface area (Å²) in [7, 11) is 4.05. The van der Waals surface area contributed by atoms with Crippen molar-refractivity contribution >= 4 is 28.9 Å². The lowest BCUT2D eigenvalue weighted by Crippen LogP contribution is -2.30. The standard InChI is InChI=1S/C41H74N2O5S/c1-6-9-12-15-16-21-28-36-47-39(44)31-24-17-19-26-33-43(41(46)49-37-35-42(4)5)34-27-20-18-25-32-40(45)48-38(29-22-13-10-7-2)30-23-14-11-8-3/h10-11,13-14,21,28,38H,6-9,12,15-20,22-27,29-37H2,1-5H3/b13-10+,14-11+,28-21-. The first kappa shape index (κ1) is 46.9. The lowest BCUT2D eigenvalue weighted by atomic mass is 10.1. The topological polar surface area (TPSA) is 76.1 Å². The van der Waals surface area contributed by atoms with E-state index in [-0.39, 0.29) is 23.3 Å². The third kappa shape index (κ3) is 32.9. The highest BCUT2D eigenvalue weighted by atomic mass is 32.2. The van der Waals surface area contributed by atoms with Crippen LogP contribution in [0, 0.1) is 0 Å². The van der Waals surface area contributed by atoms with E-state index in [2.05, 4.69) is 56.1 Å². The first-order valence-electron chi connectivity index (χ1n) is 19.7. The van der Waals surface area contributed by atoms with Gasteiger partial charge < -0.3 is 19.3 Å². The molecule has 0 aromatic rings. The van der Waals surface area contributed by atoms with Crippen LogP contribution in [-0.2, 0) is 19.1 Å². The fourth-order valence-corrected chi connectivity index (χ4v) is 6.28. The average Bonchev–Trinajstić information content (AvgIpc) is 3.07. The first-order valence-corrected chi connectivity index (χ1v) is 20.7. The highest BCUT2D eigenvalue weighted by Crippen LogP contribution is 2.16. The van der Waals surface area contributed by atoms with E-state index >= 15 is 0 Å². The van der Waals surface area contributed by atoms with Gasteiger partial charge in [0.15, 0.2) is 0 Å². The summed E-state index contributed by atoms with van der Waals surface area (Å²) in [5.41, 5.74) is 0. The van der Waals surface area contributed by atoms with Crippen LogP contribution >= 0.6 is 11.8 Å². The molecule has 0 aliphatic heterocycles. The van der Waals surface area contributed by atoms with Crippen molar-refractivity contribution in [1.29, 1.82) is 0 Å². The number of carbonyl (C=O) groups is 3. The molecule has 0 atom stereocenters. The Morgan fingerprint density at radius 2 is 1.16 bits per heavy atom. The number of ether oxygens (including phenoxy) is 2. The van der Waals surface area contributed by atoms with Crippen LogP contribution in [0.3, 0.4) is 0 Å². The zero-order valence-electron chi connectivity index (χ0n) is 32.3. The van der Waals surface area contributed by atoms with Crippen LogP contribution in [-0.4, -0.2) is 79.2 Å². The molecule has 0 aromatic heterocycles. The second-order valence-electron chi connectivity index (χ2n) is 13.3. The van der Waals surface area contributed by atoms with Gasteiger partial charge in [0.05, 0.1) is 0 Å². The summed E-state index contributed by atoms with van der Waals surface area (Å²) in [6.45, 7) is 9.21. The molecule has 0 aromatic carbocycles. The molecule has 0 saturated carbocycles. The molecule has 0 N–H and O–H groups in total. The Balaban J connectivity index is 4.41. The van der Waals surface area contributed by atoms with E-state index in [1.54, 1.807) is 0 Å². The van der Waals surface area contributed by atoms with E-state index in [0.717, 1.165) is 122 Å². The molecule has 8 heteroatoms. The molecule has 284 valence electrons. The molecule has 0 heterocycles. The van der Waals surface area contributed by atoms with Crippen molar-refractivity contribution in [2.45, 2.75) is 162 Å². The van der Waals surface area contributed by atoms with E-state index in [1.807, 2.05) is 25.1 Å². The molecule has 0 fully saturated rings. The molecule has 0 aliphatic rings. The van der Waals surface area contributed by atoms with Gasteiger partial charge in [-0.25, -0.2) is 0 Å². The molecular formula is C41H74N2O5S. The zero-order valence-corrected chi connectivity index (χ0v) is 33.1. The van der Waals surface area contributed by atoms with Crippen molar-refractivity contribution in [1.82, 2.24) is 9.80 Å². The van der Waals surface area contributed by atoms with Crippen molar-refractivity contribution in [2.75, 3.05) is 46.1 Å². The highest BCUT2D eigenvalue weighted by Gasteiger charge is 2.15. The average molecular weight is 707 g/mol. The third-order valence-electron chi connectivity index (χ3n) is 8.29. The molecule has 0 unspecified atom stereocenters. The maximum atomic E-state index is 13.0. The molecule has 0 saturated heterocycles. The fourth-order valence-electron chi connectivity index (χ4n) is 5.28. The highest BCUT2D eigenvalue weighted by molar-refractivity contribution is 8.13. The summed E-state index contributed by atoms with van der Waals surface area (Å²) in [5, 5.41) is 0.154. The second-order valence-corrected chi connectivity index (χ2v) is 14.3. The smallest absolute Gasteiger partial charge is 0.306 e. The lowest BCUT2D eigenvalue weighted by Gasteiger charge is -2.22. The number of unbranched alkanes of at least 4 members (excludes halogenated alkanes) is 10. The summed E-state index contributed by atoms with van der Waals surface area (Å²) in [5.74, 6) is 0.569. The Labute approximate surface area is 306 Å². The van der Waals surface area contributed by atoms with Crippen LogP contribution in [0.15, 0.2) is 36.5 Å². The first-order chi connectivity index (χ1) is 23.8. The summed E-state index contributed by atoms with van der Waals surface area (Å²) < 4.78 is 11.2. The van der Waals surface area contributed by atoms with E-state index in [0.29, 0.717) is 19.4 Å². The number of allylic oxidation sites excluding steroid dienone is 5. The number of thioether (sulfide) groups is 1. The minimum atomic E-state index is -0.127. The Morgan fingerprint density at radius 3 is 1.73 bits per heavy atom. The summed E-state index contributed by atoms with van der Waals surface area (Å²) >= 11 is 1.40. The maximum Gasteiger partial charge on any atom is 0.306 e. The van der Waals surface area contributed by atoms with Crippen LogP contribution < -0.4 is 0 Å². The SMILES string of the molecule is CC/C=C/CCC(CC/C=C/CC)OC(=O)CCCCCCN(CCCCCCC(=O)OC/C=C\CCCCCC)C(=O)SCCN(C)C. The van der Waals surface area contributed by atoms with Crippen LogP contribution in [0.1, 0.15) is 156 Å². The van der Waals surface area contributed by atoms with Crippen molar-refractivity contribution in [3.05, 3.63) is 36.5 Å².